The van der Waals surface area contributed by atoms with Gasteiger partial charge in [0.05, 0.1) is 6.10 Å². The van der Waals surface area contributed by atoms with E-state index in [-0.39, 0.29) is 0 Å². The quantitative estimate of drug-likeness (QED) is 0.823. The van der Waals surface area contributed by atoms with Gasteiger partial charge in [0, 0.05) is 17.7 Å². The molecule has 0 aromatic heterocycles. The van der Waals surface area contributed by atoms with Crippen molar-refractivity contribution >= 4 is 11.6 Å². The Labute approximate surface area is 121 Å². The Morgan fingerprint density at radius 2 is 2.00 bits per heavy atom. The molecule has 0 saturated heterocycles. The van der Waals surface area contributed by atoms with E-state index in [0.29, 0.717) is 12.1 Å². The fourth-order valence-electron chi connectivity index (χ4n) is 2.85. The third-order valence-electron chi connectivity index (χ3n) is 4.02. The monoisotopic (exact) mass is 281 g/mol. The lowest BCUT2D eigenvalue weighted by molar-refractivity contribution is -0.0288. The van der Waals surface area contributed by atoms with E-state index in [9.17, 15) is 0 Å². The van der Waals surface area contributed by atoms with Crippen molar-refractivity contribution in [1.82, 2.24) is 5.32 Å². The highest BCUT2D eigenvalue weighted by Crippen LogP contribution is 2.34. The second-order valence-corrected chi connectivity index (χ2v) is 5.90. The van der Waals surface area contributed by atoms with Crippen LogP contribution in [-0.4, -0.2) is 25.8 Å². The van der Waals surface area contributed by atoms with Crippen LogP contribution in [0, 0.1) is 5.92 Å². The summed E-state index contributed by atoms with van der Waals surface area (Å²) in [6.07, 6.45) is 5.29. The number of ether oxygens (including phenoxy) is 1. The minimum absolute atomic E-state index is 0.517. The summed E-state index contributed by atoms with van der Waals surface area (Å²) in [5, 5.41) is 4.25. The SMILES string of the molecule is CCOC1CC(CC(Cc2ccc(Cl)cc2)NC)C1. The fraction of sp³-hybridized carbons (Fsp3) is 0.625. The molecule has 1 aromatic carbocycles. The van der Waals surface area contributed by atoms with Gasteiger partial charge >= 0.3 is 0 Å². The largest absolute Gasteiger partial charge is 0.378 e. The Kier molecular flexibility index (Phi) is 5.68. The van der Waals surface area contributed by atoms with Crippen LogP contribution in [-0.2, 0) is 11.2 Å². The Bertz CT molecular complexity index is 373. The molecule has 1 N–H and O–H groups in total. The van der Waals surface area contributed by atoms with Gasteiger partial charge in [-0.2, -0.15) is 0 Å². The van der Waals surface area contributed by atoms with Crippen LogP contribution in [0.2, 0.25) is 5.02 Å². The molecule has 106 valence electrons. The summed E-state index contributed by atoms with van der Waals surface area (Å²) in [6, 6.07) is 8.73. The number of benzene rings is 1. The Morgan fingerprint density at radius 1 is 1.32 bits per heavy atom. The third kappa shape index (κ3) is 4.48. The fourth-order valence-corrected chi connectivity index (χ4v) is 2.98. The van der Waals surface area contributed by atoms with Gasteiger partial charge in [-0.05, 0) is 63.3 Å². The van der Waals surface area contributed by atoms with Crippen LogP contribution >= 0.6 is 11.6 Å². The van der Waals surface area contributed by atoms with Crippen molar-refractivity contribution in [2.75, 3.05) is 13.7 Å². The first-order valence-corrected chi connectivity index (χ1v) is 7.62. The minimum atomic E-state index is 0.517. The van der Waals surface area contributed by atoms with Crippen LogP contribution in [0.25, 0.3) is 0 Å². The average Bonchev–Trinajstić information content (AvgIpc) is 2.37. The first kappa shape index (κ1) is 14.8. The summed E-state index contributed by atoms with van der Waals surface area (Å²) in [6.45, 7) is 2.92. The summed E-state index contributed by atoms with van der Waals surface area (Å²) in [5.41, 5.74) is 1.35. The summed E-state index contributed by atoms with van der Waals surface area (Å²) in [4.78, 5) is 0. The van der Waals surface area contributed by atoms with E-state index in [1.165, 1.54) is 24.8 Å². The van der Waals surface area contributed by atoms with Crippen molar-refractivity contribution in [3.8, 4) is 0 Å². The summed E-state index contributed by atoms with van der Waals surface area (Å²) >= 11 is 5.91. The van der Waals surface area contributed by atoms with E-state index in [1.807, 2.05) is 12.1 Å². The number of likely N-dealkylation sites (N-methyl/N-ethyl adjacent to an activating group) is 1. The van der Waals surface area contributed by atoms with E-state index >= 15 is 0 Å². The Balaban J connectivity index is 1.76. The lowest BCUT2D eigenvalue weighted by atomic mass is 9.77. The van der Waals surface area contributed by atoms with Crippen molar-refractivity contribution in [3.05, 3.63) is 34.9 Å². The molecule has 1 fully saturated rings. The maximum Gasteiger partial charge on any atom is 0.0580 e. The molecule has 0 spiro atoms. The molecule has 2 rings (SSSR count). The molecule has 1 saturated carbocycles. The van der Waals surface area contributed by atoms with Gasteiger partial charge in [-0.3, -0.25) is 0 Å². The third-order valence-corrected chi connectivity index (χ3v) is 4.27. The first-order valence-electron chi connectivity index (χ1n) is 7.24. The lowest BCUT2D eigenvalue weighted by Crippen LogP contribution is -2.38. The molecule has 0 amide bonds. The lowest BCUT2D eigenvalue weighted by Gasteiger charge is -2.37. The summed E-state index contributed by atoms with van der Waals surface area (Å²) in [5.74, 6) is 0.821. The molecule has 3 heteroatoms. The molecule has 0 radical (unpaired) electrons. The maximum absolute atomic E-state index is 5.91. The van der Waals surface area contributed by atoms with Crippen molar-refractivity contribution in [2.24, 2.45) is 5.92 Å². The normalized spacial score (nSPS) is 23.9. The van der Waals surface area contributed by atoms with Gasteiger partial charge in [0.2, 0.25) is 0 Å². The van der Waals surface area contributed by atoms with Crippen LogP contribution in [0.5, 0.6) is 0 Å². The Morgan fingerprint density at radius 3 is 2.58 bits per heavy atom. The molecule has 1 aliphatic rings. The average molecular weight is 282 g/mol. The van der Waals surface area contributed by atoms with Crippen molar-refractivity contribution in [3.63, 3.8) is 0 Å². The zero-order valence-corrected chi connectivity index (χ0v) is 12.6. The van der Waals surface area contributed by atoms with Crippen LogP contribution in [0.3, 0.4) is 0 Å². The second kappa shape index (κ2) is 7.28. The van der Waals surface area contributed by atoms with Crippen LogP contribution < -0.4 is 5.32 Å². The molecule has 1 aliphatic carbocycles. The van der Waals surface area contributed by atoms with E-state index in [4.69, 9.17) is 16.3 Å². The van der Waals surface area contributed by atoms with Gasteiger partial charge in [-0.25, -0.2) is 0 Å². The first-order chi connectivity index (χ1) is 9.21. The van der Waals surface area contributed by atoms with Crippen molar-refractivity contribution in [2.45, 2.75) is 44.8 Å². The topological polar surface area (TPSA) is 21.3 Å². The predicted octanol–water partition coefficient (Wildman–Crippen LogP) is 3.68. The highest BCUT2D eigenvalue weighted by atomic mass is 35.5. The zero-order chi connectivity index (χ0) is 13.7. The number of hydrogen-bond acceptors (Lipinski definition) is 2. The summed E-state index contributed by atoms with van der Waals surface area (Å²) < 4.78 is 5.62. The molecule has 0 aliphatic heterocycles. The maximum atomic E-state index is 5.91. The van der Waals surface area contributed by atoms with Gasteiger partial charge in [0.15, 0.2) is 0 Å². The molecule has 0 bridgehead atoms. The van der Waals surface area contributed by atoms with E-state index < -0.39 is 0 Å². The molecule has 2 nitrogen and oxygen atoms in total. The molecule has 1 atom stereocenters. The van der Waals surface area contributed by atoms with Crippen LogP contribution in [0.1, 0.15) is 31.7 Å². The van der Waals surface area contributed by atoms with E-state index in [1.54, 1.807) is 0 Å². The van der Waals surface area contributed by atoms with E-state index in [0.717, 1.165) is 24.0 Å². The summed E-state index contributed by atoms with van der Waals surface area (Å²) in [7, 11) is 2.05. The zero-order valence-electron chi connectivity index (χ0n) is 11.9. The highest BCUT2D eigenvalue weighted by Gasteiger charge is 2.30. The van der Waals surface area contributed by atoms with E-state index in [2.05, 4.69) is 31.4 Å². The smallest absolute Gasteiger partial charge is 0.0580 e. The van der Waals surface area contributed by atoms with Crippen LogP contribution in [0.4, 0.5) is 0 Å². The minimum Gasteiger partial charge on any atom is -0.378 e. The number of hydrogen-bond donors (Lipinski definition) is 1. The van der Waals surface area contributed by atoms with Crippen molar-refractivity contribution in [1.29, 1.82) is 0 Å². The highest BCUT2D eigenvalue weighted by molar-refractivity contribution is 6.30. The predicted molar refractivity (Wildman–Crippen MR) is 80.8 cm³/mol. The molecular weight excluding hydrogens is 258 g/mol. The molecular formula is C16H24ClNO. The second-order valence-electron chi connectivity index (χ2n) is 5.47. The van der Waals surface area contributed by atoms with Gasteiger partial charge in [-0.15, -0.1) is 0 Å². The Hall–Kier alpha value is -0.570. The van der Waals surface area contributed by atoms with Gasteiger partial charge in [0.25, 0.3) is 0 Å². The number of nitrogens with one attached hydrogen (secondary N) is 1. The van der Waals surface area contributed by atoms with Gasteiger partial charge in [0.1, 0.15) is 0 Å². The molecule has 19 heavy (non-hydrogen) atoms. The van der Waals surface area contributed by atoms with Gasteiger partial charge in [-0.1, -0.05) is 23.7 Å². The number of rotatable bonds is 7. The molecule has 1 unspecified atom stereocenters. The van der Waals surface area contributed by atoms with Crippen LogP contribution in [0.15, 0.2) is 24.3 Å². The molecule has 1 aromatic rings. The molecule has 0 heterocycles. The van der Waals surface area contributed by atoms with Crippen molar-refractivity contribution < 1.29 is 4.74 Å². The standard InChI is InChI=1S/C16H24ClNO/c1-3-19-16-10-13(11-16)9-15(18-2)8-12-4-6-14(17)7-5-12/h4-7,13,15-16,18H,3,8-11H2,1-2H3. The number of halogens is 1. The van der Waals surface area contributed by atoms with Gasteiger partial charge < -0.3 is 10.1 Å².